The summed E-state index contributed by atoms with van der Waals surface area (Å²) in [5.74, 6) is 2.89. The summed E-state index contributed by atoms with van der Waals surface area (Å²) in [6, 6.07) is 6.62. The number of terminal acetylenes is 1. The van der Waals surface area contributed by atoms with Crippen LogP contribution in [0.1, 0.15) is 102 Å². The Labute approximate surface area is 230 Å². The van der Waals surface area contributed by atoms with Crippen molar-refractivity contribution >= 4 is 13.7 Å². The van der Waals surface area contributed by atoms with Gasteiger partial charge < -0.3 is 19.8 Å². The number of carbonyl (C=O) groups excluding carboxylic acids is 1. The molecule has 0 saturated heterocycles. The van der Waals surface area contributed by atoms with Gasteiger partial charge in [0.2, 0.25) is 5.91 Å². The van der Waals surface area contributed by atoms with Gasteiger partial charge in [0.05, 0.1) is 12.6 Å². The molecule has 0 aliphatic heterocycles. The maximum Gasteiger partial charge on any atom is 0.469 e. The van der Waals surface area contributed by atoms with Crippen LogP contribution in [0, 0.1) is 12.3 Å². The molecule has 3 N–H and O–H groups in total. The summed E-state index contributed by atoms with van der Waals surface area (Å²) < 4.78 is 21.2. The molecule has 0 bridgehead atoms. The van der Waals surface area contributed by atoms with E-state index in [1.54, 1.807) is 12.1 Å². The first-order chi connectivity index (χ1) is 18.3. The Hall–Kier alpha value is -2.10. The van der Waals surface area contributed by atoms with Gasteiger partial charge in [-0.25, -0.2) is 4.57 Å². The van der Waals surface area contributed by atoms with Gasteiger partial charge in [0.25, 0.3) is 0 Å². The van der Waals surface area contributed by atoms with Gasteiger partial charge in [-0.1, -0.05) is 88.5 Å². The summed E-state index contributed by atoms with van der Waals surface area (Å²) in [5, 5.41) is 2.86. The summed E-state index contributed by atoms with van der Waals surface area (Å²) in [4.78, 5) is 30.6. The van der Waals surface area contributed by atoms with Gasteiger partial charge in [-0.2, -0.15) is 0 Å². The van der Waals surface area contributed by atoms with Crippen LogP contribution in [0.25, 0.3) is 0 Å². The third-order valence-electron chi connectivity index (χ3n) is 6.20. The van der Waals surface area contributed by atoms with Crippen molar-refractivity contribution in [2.24, 2.45) is 0 Å². The zero-order chi connectivity index (χ0) is 27.9. The summed E-state index contributed by atoms with van der Waals surface area (Å²) >= 11 is 0. The molecule has 0 unspecified atom stereocenters. The molecule has 1 rings (SSSR count). The lowest BCUT2D eigenvalue weighted by atomic mass is 10.1. The molecule has 1 atom stereocenters. The number of unbranched alkanes of at least 4 members (excludes halogenated alkanes) is 11. The Morgan fingerprint density at radius 3 is 2.13 bits per heavy atom. The number of rotatable bonds is 23. The van der Waals surface area contributed by atoms with Gasteiger partial charge in [-0.05, 0) is 56.2 Å². The summed E-state index contributed by atoms with van der Waals surface area (Å²) in [5.41, 5.74) is 0.874. The van der Waals surface area contributed by atoms with E-state index in [9.17, 15) is 9.36 Å². The van der Waals surface area contributed by atoms with Crippen molar-refractivity contribution in [1.82, 2.24) is 5.32 Å². The number of amides is 1. The molecular formula is C30H48NO6P. The van der Waals surface area contributed by atoms with E-state index in [2.05, 4.69) is 34.8 Å². The fourth-order valence-corrected chi connectivity index (χ4v) is 4.50. The number of phosphoric ester groups is 1. The summed E-state index contributed by atoms with van der Waals surface area (Å²) in [6.45, 7) is 2.14. The number of carbonyl (C=O) groups is 1. The zero-order valence-corrected chi connectivity index (χ0v) is 24.0. The van der Waals surface area contributed by atoms with Crippen molar-refractivity contribution in [3.8, 4) is 18.1 Å². The van der Waals surface area contributed by atoms with E-state index in [1.165, 1.54) is 51.4 Å². The molecule has 0 heterocycles. The molecule has 1 amide bonds. The quantitative estimate of drug-likeness (QED) is 0.0595. The smallest absolute Gasteiger partial charge is 0.469 e. The highest BCUT2D eigenvalue weighted by Gasteiger charge is 2.20. The Kier molecular flexibility index (Phi) is 19.5. The minimum absolute atomic E-state index is 0.143. The average Bonchev–Trinajstić information content (AvgIpc) is 2.88. The van der Waals surface area contributed by atoms with Gasteiger partial charge in [-0.15, -0.1) is 6.42 Å². The summed E-state index contributed by atoms with van der Waals surface area (Å²) in [6.07, 6.45) is 26.1. The van der Waals surface area contributed by atoms with Crippen molar-refractivity contribution in [1.29, 1.82) is 0 Å². The number of ether oxygens (including phenoxy) is 1. The number of allylic oxidation sites excluding steroid dienone is 2. The van der Waals surface area contributed by atoms with Gasteiger partial charge in [-0.3, -0.25) is 9.32 Å². The molecule has 0 radical (unpaired) electrons. The molecule has 0 spiro atoms. The Bertz CT molecular complexity index is 858. The monoisotopic (exact) mass is 549 g/mol. The van der Waals surface area contributed by atoms with Crippen LogP contribution >= 0.6 is 7.82 Å². The van der Waals surface area contributed by atoms with Gasteiger partial charge in [0.15, 0.2) is 0 Å². The molecule has 7 nitrogen and oxygen atoms in total. The molecule has 1 aromatic rings. The number of hydrogen-bond acceptors (Lipinski definition) is 4. The minimum atomic E-state index is -4.64. The van der Waals surface area contributed by atoms with Gasteiger partial charge in [0.1, 0.15) is 12.4 Å². The first-order valence-corrected chi connectivity index (χ1v) is 15.7. The maximum absolute atomic E-state index is 12.5. The highest BCUT2D eigenvalue weighted by molar-refractivity contribution is 7.46. The minimum Gasteiger partial charge on any atom is -0.481 e. The second-order valence-corrected chi connectivity index (χ2v) is 11.0. The largest absolute Gasteiger partial charge is 0.481 e. The molecule has 0 aliphatic carbocycles. The van der Waals surface area contributed by atoms with Crippen molar-refractivity contribution in [3.63, 3.8) is 0 Å². The lowest BCUT2D eigenvalue weighted by molar-refractivity contribution is -0.122. The highest BCUT2D eigenvalue weighted by atomic mass is 31.2. The van der Waals surface area contributed by atoms with Crippen molar-refractivity contribution in [3.05, 3.63) is 42.0 Å². The Morgan fingerprint density at radius 1 is 0.974 bits per heavy atom. The topological polar surface area (TPSA) is 105 Å². The molecule has 38 heavy (non-hydrogen) atoms. The predicted octanol–water partition coefficient (Wildman–Crippen LogP) is 6.87. The first kappa shape index (κ1) is 33.9. The van der Waals surface area contributed by atoms with Crippen LogP contribution in [-0.4, -0.2) is 34.9 Å². The molecule has 8 heteroatoms. The Balaban J connectivity index is 2.24. The Morgan fingerprint density at radius 2 is 1.55 bits per heavy atom. The number of nitrogens with one attached hydrogen (secondary N) is 1. The van der Waals surface area contributed by atoms with E-state index in [-0.39, 0.29) is 19.1 Å². The predicted molar refractivity (Wildman–Crippen MR) is 154 cm³/mol. The van der Waals surface area contributed by atoms with Crippen LogP contribution in [0.5, 0.6) is 5.75 Å². The lowest BCUT2D eigenvalue weighted by Crippen LogP contribution is -2.39. The molecular weight excluding hydrogens is 501 g/mol. The maximum atomic E-state index is 12.5. The number of hydrogen-bond donors (Lipinski definition) is 3. The highest BCUT2D eigenvalue weighted by Crippen LogP contribution is 2.35. The second kappa shape index (κ2) is 21.8. The van der Waals surface area contributed by atoms with Gasteiger partial charge >= 0.3 is 7.82 Å². The SMILES string of the molecule is C#CCOc1ccc(C[C@@H](COP(=O)(O)O)NC(=O)CCCCCCC/C=C\CCCCCCCC)cc1. The summed E-state index contributed by atoms with van der Waals surface area (Å²) in [7, 11) is -4.64. The van der Waals surface area contributed by atoms with Crippen LogP contribution in [0.4, 0.5) is 0 Å². The molecule has 0 fully saturated rings. The molecule has 1 aromatic carbocycles. The van der Waals surface area contributed by atoms with E-state index >= 15 is 0 Å². The first-order valence-electron chi connectivity index (χ1n) is 14.1. The molecule has 214 valence electrons. The van der Waals surface area contributed by atoms with E-state index < -0.39 is 13.9 Å². The zero-order valence-electron chi connectivity index (χ0n) is 23.1. The van der Waals surface area contributed by atoms with Crippen LogP contribution in [0.3, 0.4) is 0 Å². The van der Waals surface area contributed by atoms with Gasteiger partial charge in [0, 0.05) is 6.42 Å². The normalized spacial score (nSPS) is 12.4. The fraction of sp³-hybridized carbons (Fsp3) is 0.633. The molecule has 0 aromatic heterocycles. The van der Waals surface area contributed by atoms with Crippen molar-refractivity contribution in [2.75, 3.05) is 13.2 Å². The lowest BCUT2D eigenvalue weighted by Gasteiger charge is -2.19. The third-order valence-corrected chi connectivity index (χ3v) is 6.69. The van der Waals surface area contributed by atoms with Crippen LogP contribution < -0.4 is 10.1 Å². The van der Waals surface area contributed by atoms with E-state index in [1.807, 2.05) is 12.1 Å². The van der Waals surface area contributed by atoms with Crippen molar-refractivity contribution < 1.29 is 28.4 Å². The average molecular weight is 550 g/mol. The van der Waals surface area contributed by atoms with Crippen LogP contribution in [-0.2, 0) is 20.3 Å². The fourth-order valence-electron chi connectivity index (χ4n) is 4.13. The number of benzene rings is 1. The van der Waals surface area contributed by atoms with E-state index in [4.69, 9.17) is 20.9 Å². The van der Waals surface area contributed by atoms with Crippen LogP contribution in [0.2, 0.25) is 0 Å². The van der Waals surface area contributed by atoms with E-state index in [0.29, 0.717) is 18.6 Å². The third kappa shape index (κ3) is 19.9. The van der Waals surface area contributed by atoms with Crippen LogP contribution in [0.15, 0.2) is 36.4 Å². The number of phosphoric acid groups is 1. The molecule has 0 aliphatic rings. The molecule has 0 saturated carbocycles. The van der Waals surface area contributed by atoms with Crippen molar-refractivity contribution in [2.45, 2.75) is 109 Å². The standard InChI is InChI=1S/C30H48NO6P/c1-3-5-6-7-8-9-10-11-12-13-14-15-16-17-18-19-30(32)31-28(26-37-38(33,34)35)25-27-20-22-29(23-21-27)36-24-4-2/h2,11-12,20-23,28H,3,5-10,13-19,24-26H2,1H3,(H,31,32)(H2,33,34,35)/b12-11-/t28-/m0/s1. The van der Waals surface area contributed by atoms with E-state index in [0.717, 1.165) is 37.7 Å². The second-order valence-electron chi connectivity index (χ2n) is 9.73.